The van der Waals surface area contributed by atoms with Crippen LogP contribution in [0.15, 0.2) is 52.1 Å². The van der Waals surface area contributed by atoms with E-state index in [1.807, 2.05) is 52.9 Å². The number of anilines is 1. The van der Waals surface area contributed by atoms with Crippen LogP contribution in [0.1, 0.15) is 28.9 Å². The van der Waals surface area contributed by atoms with Gasteiger partial charge in [0.25, 0.3) is 5.91 Å². The molecule has 0 radical (unpaired) electrons. The zero-order valence-corrected chi connectivity index (χ0v) is 19.4. The molecule has 0 aliphatic carbocycles. The van der Waals surface area contributed by atoms with Crippen molar-refractivity contribution in [2.45, 2.75) is 26.6 Å². The number of hydrogen-bond donors (Lipinski definition) is 2. The minimum absolute atomic E-state index is 0.0202. The molecule has 178 valence electrons. The van der Waals surface area contributed by atoms with E-state index in [0.29, 0.717) is 49.5 Å². The van der Waals surface area contributed by atoms with E-state index in [1.165, 1.54) is 0 Å². The second-order valence-electron chi connectivity index (χ2n) is 8.55. The number of carbonyl (C=O) groups is 1. The Hall–Kier alpha value is -4.25. The lowest BCUT2D eigenvalue weighted by Gasteiger charge is -2.28. The fourth-order valence-corrected chi connectivity index (χ4v) is 4.38. The zero-order chi connectivity index (χ0) is 23.9. The summed E-state index contributed by atoms with van der Waals surface area (Å²) < 4.78 is 7.45. The highest BCUT2D eigenvalue weighted by molar-refractivity contribution is 6.04. The predicted molar refractivity (Wildman–Crippen MR) is 129 cm³/mol. The Morgan fingerprint density at radius 2 is 2.09 bits per heavy atom. The molecule has 2 aliphatic heterocycles. The predicted octanol–water partition coefficient (Wildman–Crippen LogP) is 2.59. The molecule has 0 spiro atoms. The lowest BCUT2D eigenvalue weighted by atomic mass is 10.1. The maximum absolute atomic E-state index is 13.1. The van der Waals surface area contributed by atoms with E-state index in [-0.39, 0.29) is 12.1 Å². The van der Waals surface area contributed by atoms with Gasteiger partial charge in [0.2, 0.25) is 11.8 Å². The van der Waals surface area contributed by atoms with Crippen LogP contribution in [-0.4, -0.2) is 62.3 Å². The SMILES string of the molecule is Cc1nnc(-c2cc3n(c2)CCN(CCNc2nccc4ccc(C5=NC(C)ON5)cc24)C3=O)o1. The number of aryl methyl sites for hydroxylation is 1. The Balaban J connectivity index is 1.15. The Morgan fingerprint density at radius 1 is 1.17 bits per heavy atom. The molecule has 5 heterocycles. The minimum atomic E-state index is -0.220. The van der Waals surface area contributed by atoms with Crippen molar-refractivity contribution >= 4 is 28.3 Å². The van der Waals surface area contributed by atoms with Crippen LogP contribution in [0, 0.1) is 6.92 Å². The van der Waals surface area contributed by atoms with E-state index in [9.17, 15) is 4.79 Å². The van der Waals surface area contributed by atoms with Gasteiger partial charge in [-0.05, 0) is 30.5 Å². The normalized spacial score (nSPS) is 17.4. The molecule has 3 aromatic heterocycles. The Bertz CT molecular complexity index is 1460. The number of amides is 1. The fourth-order valence-electron chi connectivity index (χ4n) is 4.38. The first kappa shape index (κ1) is 21.3. The molecule has 11 nitrogen and oxygen atoms in total. The van der Waals surface area contributed by atoms with Gasteiger partial charge >= 0.3 is 0 Å². The largest absolute Gasteiger partial charge is 0.421 e. The van der Waals surface area contributed by atoms with Gasteiger partial charge in [0.1, 0.15) is 11.5 Å². The lowest BCUT2D eigenvalue weighted by Crippen LogP contribution is -2.42. The first-order valence-corrected chi connectivity index (χ1v) is 11.5. The minimum Gasteiger partial charge on any atom is -0.421 e. The number of pyridine rings is 1. The lowest BCUT2D eigenvalue weighted by molar-refractivity contribution is 0.0504. The van der Waals surface area contributed by atoms with Gasteiger partial charge in [0.15, 0.2) is 12.1 Å². The zero-order valence-electron chi connectivity index (χ0n) is 19.4. The molecular formula is C24H24N8O3. The average Bonchev–Trinajstić information content (AvgIpc) is 3.60. The molecule has 2 aliphatic rings. The Labute approximate surface area is 200 Å². The van der Waals surface area contributed by atoms with Gasteiger partial charge in [-0.2, -0.15) is 0 Å². The van der Waals surface area contributed by atoms with Crippen molar-refractivity contribution in [3.8, 4) is 11.5 Å². The summed E-state index contributed by atoms with van der Waals surface area (Å²) >= 11 is 0. The molecule has 11 heteroatoms. The standard InChI is InChI=1S/C24H24N8O3/c1-14-27-21(30-35-14)17-4-3-16-5-6-25-22(19(16)11-17)26-7-8-31-9-10-32-13-18(12-20(32)24(31)33)23-29-28-15(2)34-23/h3-6,11-14H,7-10H2,1-2H3,(H,25,26)(H,27,30). The van der Waals surface area contributed by atoms with Gasteiger partial charge < -0.3 is 19.2 Å². The number of nitrogens with one attached hydrogen (secondary N) is 2. The molecule has 0 bridgehead atoms. The van der Waals surface area contributed by atoms with E-state index in [0.717, 1.165) is 27.7 Å². The third-order valence-corrected chi connectivity index (χ3v) is 6.14. The second-order valence-corrected chi connectivity index (χ2v) is 8.55. The van der Waals surface area contributed by atoms with E-state index in [1.54, 1.807) is 13.1 Å². The summed E-state index contributed by atoms with van der Waals surface area (Å²) in [4.78, 5) is 29.3. The van der Waals surface area contributed by atoms with E-state index in [4.69, 9.17) is 9.25 Å². The molecule has 4 aromatic rings. The number of carbonyl (C=O) groups excluding carboxylic acids is 1. The number of nitrogens with zero attached hydrogens (tertiary/aromatic N) is 6. The number of fused-ring (bicyclic) bond motifs is 2. The number of hydrogen-bond acceptors (Lipinski definition) is 9. The molecular weight excluding hydrogens is 448 g/mol. The van der Waals surface area contributed by atoms with Gasteiger partial charge in [-0.3, -0.25) is 4.79 Å². The van der Waals surface area contributed by atoms with Crippen molar-refractivity contribution in [1.82, 2.24) is 30.1 Å². The summed E-state index contributed by atoms with van der Waals surface area (Å²) in [7, 11) is 0. The third kappa shape index (κ3) is 3.99. The highest BCUT2D eigenvalue weighted by Crippen LogP contribution is 2.25. The number of amidine groups is 1. The van der Waals surface area contributed by atoms with Gasteiger partial charge in [0, 0.05) is 56.4 Å². The molecule has 0 saturated heterocycles. The number of benzene rings is 1. The van der Waals surface area contributed by atoms with Gasteiger partial charge in [-0.1, -0.05) is 12.1 Å². The highest BCUT2D eigenvalue weighted by atomic mass is 16.7. The maximum atomic E-state index is 13.1. The van der Waals surface area contributed by atoms with Crippen molar-refractivity contribution in [2.24, 2.45) is 4.99 Å². The van der Waals surface area contributed by atoms with E-state index in [2.05, 4.69) is 31.0 Å². The van der Waals surface area contributed by atoms with Crippen LogP contribution in [-0.2, 0) is 11.4 Å². The summed E-state index contributed by atoms with van der Waals surface area (Å²) in [6, 6.07) is 9.86. The molecule has 1 amide bonds. The second kappa shape index (κ2) is 8.51. The van der Waals surface area contributed by atoms with Crippen molar-refractivity contribution in [2.75, 3.05) is 25.0 Å². The molecule has 1 unspecified atom stereocenters. The van der Waals surface area contributed by atoms with Crippen molar-refractivity contribution in [3.05, 3.63) is 59.9 Å². The van der Waals surface area contributed by atoms with Gasteiger partial charge in [0.05, 0.1) is 5.56 Å². The van der Waals surface area contributed by atoms with Crippen LogP contribution in [0.5, 0.6) is 0 Å². The van der Waals surface area contributed by atoms with Crippen LogP contribution in [0.4, 0.5) is 5.82 Å². The van der Waals surface area contributed by atoms with Crippen molar-refractivity contribution < 1.29 is 14.0 Å². The summed E-state index contributed by atoms with van der Waals surface area (Å²) in [5, 5.41) is 13.4. The number of aromatic nitrogens is 4. The van der Waals surface area contributed by atoms with Crippen LogP contribution in [0.3, 0.4) is 0 Å². The summed E-state index contributed by atoms with van der Waals surface area (Å²) in [6.45, 7) is 6.07. The van der Waals surface area contributed by atoms with Gasteiger partial charge in [-0.15, -0.1) is 10.2 Å². The maximum Gasteiger partial charge on any atom is 0.270 e. The molecule has 35 heavy (non-hydrogen) atoms. The smallest absolute Gasteiger partial charge is 0.270 e. The number of hydroxylamine groups is 1. The first-order valence-electron chi connectivity index (χ1n) is 11.5. The van der Waals surface area contributed by atoms with E-state index < -0.39 is 0 Å². The van der Waals surface area contributed by atoms with Crippen LogP contribution >= 0.6 is 0 Å². The van der Waals surface area contributed by atoms with Crippen LogP contribution in [0.2, 0.25) is 0 Å². The Morgan fingerprint density at radius 3 is 2.89 bits per heavy atom. The molecule has 0 saturated carbocycles. The fraction of sp³-hybridized carbons (Fsp3) is 0.292. The van der Waals surface area contributed by atoms with E-state index >= 15 is 0 Å². The molecule has 6 rings (SSSR count). The van der Waals surface area contributed by atoms with Crippen molar-refractivity contribution in [3.63, 3.8) is 0 Å². The van der Waals surface area contributed by atoms with Gasteiger partial charge in [-0.25, -0.2) is 20.3 Å². The van der Waals surface area contributed by atoms with Crippen molar-refractivity contribution in [1.29, 1.82) is 0 Å². The summed E-state index contributed by atoms with van der Waals surface area (Å²) in [6.07, 6.45) is 3.45. The van der Waals surface area contributed by atoms with Crippen LogP contribution < -0.4 is 10.8 Å². The summed E-state index contributed by atoms with van der Waals surface area (Å²) in [5.41, 5.74) is 5.17. The summed E-state index contributed by atoms with van der Waals surface area (Å²) in [5.74, 6) is 2.36. The monoisotopic (exact) mass is 472 g/mol. The quantitative estimate of drug-likeness (QED) is 0.439. The first-order chi connectivity index (χ1) is 17.0. The topological polar surface area (TPSA) is 123 Å². The number of aliphatic imine (C=N–C) groups is 1. The number of rotatable bonds is 6. The van der Waals surface area contributed by atoms with Crippen LogP contribution in [0.25, 0.3) is 22.2 Å². The third-order valence-electron chi connectivity index (χ3n) is 6.14. The highest BCUT2D eigenvalue weighted by Gasteiger charge is 2.26. The Kier molecular flexibility index (Phi) is 5.18. The average molecular weight is 473 g/mol. The molecule has 2 N–H and O–H groups in total. The molecule has 0 fully saturated rings. The molecule has 1 aromatic carbocycles. The molecule has 1 atom stereocenters.